The molecule has 1 rings (SSSR count). The second-order valence-electron chi connectivity index (χ2n) is 5.20. The molecule has 0 saturated carbocycles. The minimum Gasteiger partial charge on any atom is -0.450 e. The Morgan fingerprint density at radius 1 is 1.14 bits per heavy atom. The van der Waals surface area contributed by atoms with Crippen LogP contribution in [0.2, 0.25) is 0 Å². The van der Waals surface area contributed by atoms with Gasteiger partial charge in [-0.1, -0.05) is 50.1 Å². The molecule has 0 aliphatic carbocycles. The summed E-state index contributed by atoms with van der Waals surface area (Å²) in [6, 6.07) is 9.05. The Bertz CT molecular complexity index is 462. The van der Waals surface area contributed by atoms with Gasteiger partial charge in [0, 0.05) is 0 Å². The number of alkyl carbamates (subject to hydrolysis) is 1. The molecule has 2 amide bonds. The van der Waals surface area contributed by atoms with Gasteiger partial charge in [0.1, 0.15) is 6.04 Å². The summed E-state index contributed by atoms with van der Waals surface area (Å²) < 4.78 is 4.86. The van der Waals surface area contributed by atoms with Crippen LogP contribution in [0.3, 0.4) is 0 Å². The Morgan fingerprint density at radius 2 is 1.82 bits per heavy atom. The first-order valence-corrected chi connectivity index (χ1v) is 7.87. The van der Waals surface area contributed by atoms with Gasteiger partial charge in [-0.3, -0.25) is 4.79 Å². The molecule has 1 aromatic rings. The summed E-state index contributed by atoms with van der Waals surface area (Å²) in [5.74, 6) is -0.183. The number of amides is 2. The molecule has 0 aliphatic heterocycles. The largest absolute Gasteiger partial charge is 0.450 e. The van der Waals surface area contributed by atoms with Crippen molar-refractivity contribution in [2.24, 2.45) is 0 Å². The van der Waals surface area contributed by atoms with Crippen LogP contribution in [0.15, 0.2) is 30.3 Å². The molecule has 0 aromatic heterocycles. The smallest absolute Gasteiger partial charge is 0.407 e. The molecule has 0 radical (unpaired) electrons. The molecule has 0 spiro atoms. The van der Waals surface area contributed by atoms with Gasteiger partial charge >= 0.3 is 6.09 Å². The molecule has 0 heterocycles. The number of hydrogen-bond donors (Lipinski definition) is 2. The SMILES string of the molecule is CCCC[C@H](NC(=O)OCC)C(=O)N[C@@H](C)c1ccccc1. The van der Waals surface area contributed by atoms with Crippen LogP contribution in [0.1, 0.15) is 51.6 Å². The Labute approximate surface area is 132 Å². The fourth-order valence-corrected chi connectivity index (χ4v) is 2.13. The third kappa shape index (κ3) is 6.16. The lowest BCUT2D eigenvalue weighted by Crippen LogP contribution is -2.47. The van der Waals surface area contributed by atoms with Crippen LogP contribution in [0, 0.1) is 0 Å². The summed E-state index contributed by atoms with van der Waals surface area (Å²) >= 11 is 0. The lowest BCUT2D eigenvalue weighted by Gasteiger charge is -2.21. The van der Waals surface area contributed by atoms with E-state index < -0.39 is 12.1 Å². The van der Waals surface area contributed by atoms with E-state index in [1.54, 1.807) is 6.92 Å². The first kappa shape index (κ1) is 18.0. The van der Waals surface area contributed by atoms with Crippen molar-refractivity contribution in [1.82, 2.24) is 10.6 Å². The van der Waals surface area contributed by atoms with Crippen molar-refractivity contribution in [3.05, 3.63) is 35.9 Å². The molecule has 0 fully saturated rings. The van der Waals surface area contributed by atoms with E-state index in [-0.39, 0.29) is 18.6 Å². The first-order valence-electron chi connectivity index (χ1n) is 7.87. The Hall–Kier alpha value is -2.04. The van der Waals surface area contributed by atoms with E-state index in [4.69, 9.17) is 4.74 Å². The number of carbonyl (C=O) groups excluding carboxylic acids is 2. The molecule has 5 heteroatoms. The predicted octanol–water partition coefficient (Wildman–Crippen LogP) is 3.17. The minimum atomic E-state index is -0.565. The van der Waals surface area contributed by atoms with Crippen LogP contribution in [-0.4, -0.2) is 24.6 Å². The Morgan fingerprint density at radius 3 is 2.41 bits per heavy atom. The fraction of sp³-hybridized carbons (Fsp3) is 0.529. The third-order valence-corrected chi connectivity index (χ3v) is 3.39. The van der Waals surface area contributed by atoms with Gasteiger partial charge in [-0.2, -0.15) is 0 Å². The molecule has 2 atom stereocenters. The van der Waals surface area contributed by atoms with Crippen LogP contribution in [0.25, 0.3) is 0 Å². The van der Waals surface area contributed by atoms with Gasteiger partial charge in [-0.25, -0.2) is 4.79 Å². The zero-order valence-electron chi connectivity index (χ0n) is 13.6. The number of carbonyl (C=O) groups is 2. The van der Waals surface area contributed by atoms with Crippen molar-refractivity contribution in [3.8, 4) is 0 Å². The molecule has 122 valence electrons. The second kappa shape index (κ2) is 9.82. The quantitative estimate of drug-likeness (QED) is 0.775. The highest BCUT2D eigenvalue weighted by molar-refractivity contribution is 5.85. The van der Waals surface area contributed by atoms with Gasteiger partial charge in [-0.05, 0) is 25.8 Å². The number of nitrogens with one attached hydrogen (secondary N) is 2. The topological polar surface area (TPSA) is 67.4 Å². The van der Waals surface area contributed by atoms with Crippen molar-refractivity contribution in [2.75, 3.05) is 6.61 Å². The molecule has 0 aliphatic rings. The summed E-state index contributed by atoms with van der Waals surface area (Å²) in [6.45, 7) is 5.99. The molecule has 5 nitrogen and oxygen atoms in total. The number of rotatable bonds is 8. The third-order valence-electron chi connectivity index (χ3n) is 3.39. The fourth-order valence-electron chi connectivity index (χ4n) is 2.13. The average Bonchev–Trinajstić information content (AvgIpc) is 2.52. The monoisotopic (exact) mass is 306 g/mol. The van der Waals surface area contributed by atoms with Crippen LogP contribution >= 0.6 is 0 Å². The zero-order valence-corrected chi connectivity index (χ0v) is 13.6. The van der Waals surface area contributed by atoms with E-state index in [0.717, 1.165) is 18.4 Å². The number of benzene rings is 1. The van der Waals surface area contributed by atoms with Gasteiger partial charge in [0.15, 0.2) is 0 Å². The van der Waals surface area contributed by atoms with Gasteiger partial charge in [0.05, 0.1) is 12.6 Å². The molecule has 22 heavy (non-hydrogen) atoms. The predicted molar refractivity (Wildman–Crippen MR) is 86.5 cm³/mol. The lowest BCUT2D eigenvalue weighted by molar-refractivity contribution is -0.123. The van der Waals surface area contributed by atoms with Crippen molar-refractivity contribution < 1.29 is 14.3 Å². The van der Waals surface area contributed by atoms with Crippen molar-refractivity contribution in [1.29, 1.82) is 0 Å². The summed E-state index contributed by atoms with van der Waals surface area (Å²) in [4.78, 5) is 24.0. The highest BCUT2D eigenvalue weighted by atomic mass is 16.5. The highest BCUT2D eigenvalue weighted by Crippen LogP contribution is 2.12. The molecule has 1 aromatic carbocycles. The van der Waals surface area contributed by atoms with Gasteiger partial charge < -0.3 is 15.4 Å². The summed E-state index contributed by atoms with van der Waals surface area (Å²) in [7, 11) is 0. The minimum absolute atomic E-state index is 0.109. The molecule has 0 unspecified atom stereocenters. The van der Waals surface area contributed by atoms with Crippen LogP contribution in [0.4, 0.5) is 4.79 Å². The normalized spacial score (nSPS) is 13.0. The summed E-state index contributed by atoms with van der Waals surface area (Å²) in [5, 5.41) is 5.58. The Kier molecular flexibility index (Phi) is 8.04. The molecular formula is C17H26N2O3. The first-order chi connectivity index (χ1) is 10.6. The van der Waals surface area contributed by atoms with E-state index in [1.807, 2.05) is 44.2 Å². The number of ether oxygens (including phenoxy) is 1. The van der Waals surface area contributed by atoms with E-state index in [9.17, 15) is 9.59 Å². The zero-order chi connectivity index (χ0) is 16.4. The summed E-state index contributed by atoms with van der Waals surface area (Å²) in [5.41, 5.74) is 1.03. The number of hydrogen-bond acceptors (Lipinski definition) is 3. The van der Waals surface area contributed by atoms with E-state index >= 15 is 0 Å². The average molecular weight is 306 g/mol. The standard InChI is InChI=1S/C17H26N2O3/c1-4-6-12-15(19-17(21)22-5-2)16(20)18-13(3)14-10-8-7-9-11-14/h7-11,13,15H,4-6,12H2,1-3H3,(H,18,20)(H,19,21)/t13-,15-/m0/s1. The second-order valence-corrected chi connectivity index (χ2v) is 5.20. The maximum absolute atomic E-state index is 12.4. The Balaban J connectivity index is 2.64. The van der Waals surface area contributed by atoms with Crippen molar-refractivity contribution >= 4 is 12.0 Å². The van der Waals surface area contributed by atoms with E-state index in [2.05, 4.69) is 10.6 Å². The van der Waals surface area contributed by atoms with Crippen LogP contribution in [-0.2, 0) is 9.53 Å². The lowest BCUT2D eigenvalue weighted by atomic mass is 10.1. The highest BCUT2D eigenvalue weighted by Gasteiger charge is 2.22. The summed E-state index contributed by atoms with van der Waals surface area (Å²) in [6.07, 6.45) is 1.88. The van der Waals surface area contributed by atoms with E-state index in [1.165, 1.54) is 0 Å². The van der Waals surface area contributed by atoms with Crippen LogP contribution in [0.5, 0.6) is 0 Å². The molecule has 0 saturated heterocycles. The molecule has 0 bridgehead atoms. The maximum Gasteiger partial charge on any atom is 0.407 e. The van der Waals surface area contributed by atoms with Gasteiger partial charge in [-0.15, -0.1) is 0 Å². The maximum atomic E-state index is 12.4. The van der Waals surface area contributed by atoms with Crippen molar-refractivity contribution in [3.63, 3.8) is 0 Å². The van der Waals surface area contributed by atoms with Crippen molar-refractivity contribution in [2.45, 2.75) is 52.1 Å². The molecular weight excluding hydrogens is 280 g/mol. The number of unbranched alkanes of at least 4 members (excludes halogenated alkanes) is 1. The van der Waals surface area contributed by atoms with Crippen LogP contribution < -0.4 is 10.6 Å². The van der Waals surface area contributed by atoms with E-state index in [0.29, 0.717) is 6.42 Å². The van der Waals surface area contributed by atoms with Gasteiger partial charge in [0.25, 0.3) is 0 Å². The molecule has 2 N–H and O–H groups in total. The van der Waals surface area contributed by atoms with Gasteiger partial charge in [0.2, 0.25) is 5.91 Å².